The lowest BCUT2D eigenvalue weighted by atomic mass is 10.2. The number of hydrogen-bond donors (Lipinski definition) is 0. The van der Waals surface area contributed by atoms with Crippen LogP contribution in [-0.2, 0) is 0 Å². The zero-order chi connectivity index (χ0) is 13.9. The number of hydrogen-bond acceptors (Lipinski definition) is 3. The van der Waals surface area contributed by atoms with Gasteiger partial charge in [-0.3, -0.25) is 0 Å². The third kappa shape index (κ3) is 2.50. The maximum Gasteiger partial charge on any atom is 0.274 e. The van der Waals surface area contributed by atoms with Gasteiger partial charge in [-0.05, 0) is 42.3 Å². The van der Waals surface area contributed by atoms with Gasteiger partial charge in [-0.25, -0.2) is 4.98 Å². The smallest absolute Gasteiger partial charge is 0.274 e. The van der Waals surface area contributed by atoms with Gasteiger partial charge in [-0.15, -0.1) is 0 Å². The fourth-order valence-electron chi connectivity index (χ4n) is 1.89. The van der Waals surface area contributed by atoms with Crippen LogP contribution in [0.1, 0.15) is 11.5 Å². The fourth-order valence-corrected chi connectivity index (χ4v) is 1.89. The minimum Gasteiger partial charge on any atom is -0.430 e. The molecule has 1 heterocycles. The first-order valence-electron chi connectivity index (χ1n) is 6.37. The number of benzene rings is 2. The van der Waals surface area contributed by atoms with E-state index in [0.29, 0.717) is 5.89 Å². The van der Waals surface area contributed by atoms with Crippen LogP contribution in [0.15, 0.2) is 52.9 Å². The van der Waals surface area contributed by atoms with E-state index in [-0.39, 0.29) is 0 Å². The summed E-state index contributed by atoms with van der Waals surface area (Å²) < 4.78 is 5.56. The summed E-state index contributed by atoms with van der Waals surface area (Å²) in [6, 6.07) is 15.7. The van der Waals surface area contributed by atoms with E-state index in [2.05, 4.69) is 21.7 Å². The van der Waals surface area contributed by atoms with Gasteiger partial charge < -0.3 is 9.32 Å². The van der Waals surface area contributed by atoms with Crippen LogP contribution in [0.4, 0.5) is 5.69 Å². The predicted octanol–water partition coefficient (Wildman–Crippen LogP) is 3.29. The highest BCUT2D eigenvalue weighted by Gasteiger charge is 2.01. The lowest BCUT2D eigenvalue weighted by molar-refractivity contribution is 0.586. The van der Waals surface area contributed by atoms with Crippen molar-refractivity contribution in [1.29, 1.82) is 0 Å². The summed E-state index contributed by atoms with van der Waals surface area (Å²) in [6.45, 7) is 0. The Labute approximate surface area is 117 Å². The molecule has 2 aromatic carbocycles. The second-order valence-electron chi connectivity index (χ2n) is 4.68. The highest BCUT2D eigenvalue weighted by atomic mass is 16.3. The molecule has 0 N–H and O–H groups in total. The Bertz CT molecular complexity index is 756. The molecule has 3 nitrogen and oxygen atoms in total. The molecule has 0 saturated carbocycles. The normalized spacial score (nSPS) is 10.1. The lowest BCUT2D eigenvalue weighted by Gasteiger charge is -2.11. The average Bonchev–Trinajstić information content (AvgIpc) is 2.88. The molecule has 1 aromatic heterocycles. The van der Waals surface area contributed by atoms with E-state index in [4.69, 9.17) is 4.42 Å². The van der Waals surface area contributed by atoms with Gasteiger partial charge in [0.2, 0.25) is 0 Å². The molecule has 0 radical (unpaired) electrons. The number of aromatic nitrogens is 1. The molecule has 20 heavy (non-hydrogen) atoms. The van der Waals surface area contributed by atoms with Crippen molar-refractivity contribution in [3.05, 3.63) is 60.0 Å². The molecule has 0 bridgehead atoms. The molecule has 0 amide bonds. The average molecular weight is 262 g/mol. The first-order chi connectivity index (χ1) is 9.72. The van der Waals surface area contributed by atoms with E-state index in [1.54, 1.807) is 0 Å². The van der Waals surface area contributed by atoms with E-state index >= 15 is 0 Å². The van der Waals surface area contributed by atoms with Crippen molar-refractivity contribution in [2.75, 3.05) is 19.0 Å². The summed E-state index contributed by atoms with van der Waals surface area (Å²) >= 11 is 0. The van der Waals surface area contributed by atoms with Crippen LogP contribution in [0.25, 0.3) is 11.1 Å². The molecule has 3 rings (SSSR count). The van der Waals surface area contributed by atoms with E-state index in [1.165, 1.54) is 0 Å². The van der Waals surface area contributed by atoms with Crippen LogP contribution in [0, 0.1) is 11.8 Å². The molecule has 0 aliphatic heterocycles. The number of oxazole rings is 1. The van der Waals surface area contributed by atoms with E-state index < -0.39 is 0 Å². The summed E-state index contributed by atoms with van der Waals surface area (Å²) in [5.74, 6) is 6.47. The number of fused-ring (bicyclic) bond motifs is 1. The van der Waals surface area contributed by atoms with Crippen molar-refractivity contribution in [2.24, 2.45) is 0 Å². The Morgan fingerprint density at radius 3 is 2.40 bits per heavy atom. The Morgan fingerprint density at radius 1 is 0.950 bits per heavy atom. The van der Waals surface area contributed by atoms with Crippen LogP contribution in [-0.4, -0.2) is 19.1 Å². The molecule has 0 saturated heterocycles. The van der Waals surface area contributed by atoms with Crippen molar-refractivity contribution < 1.29 is 4.42 Å². The molecule has 0 fully saturated rings. The third-order valence-electron chi connectivity index (χ3n) is 2.99. The van der Waals surface area contributed by atoms with Crippen molar-refractivity contribution in [3.63, 3.8) is 0 Å². The molecule has 0 spiro atoms. The van der Waals surface area contributed by atoms with Gasteiger partial charge in [0.15, 0.2) is 5.58 Å². The highest BCUT2D eigenvalue weighted by molar-refractivity contribution is 5.72. The third-order valence-corrected chi connectivity index (χ3v) is 2.99. The van der Waals surface area contributed by atoms with Crippen molar-refractivity contribution in [1.82, 2.24) is 4.98 Å². The molecule has 0 aliphatic carbocycles. The summed E-state index contributed by atoms with van der Waals surface area (Å²) in [4.78, 5) is 6.38. The second-order valence-corrected chi connectivity index (χ2v) is 4.68. The number of para-hydroxylation sites is 2. The maximum absolute atomic E-state index is 5.56. The van der Waals surface area contributed by atoms with Crippen LogP contribution in [0.5, 0.6) is 0 Å². The minimum atomic E-state index is 0.447. The lowest BCUT2D eigenvalue weighted by Crippen LogP contribution is -2.07. The van der Waals surface area contributed by atoms with Crippen molar-refractivity contribution >= 4 is 16.8 Å². The summed E-state index contributed by atoms with van der Waals surface area (Å²) in [6.07, 6.45) is 0. The van der Waals surface area contributed by atoms with Crippen LogP contribution >= 0.6 is 0 Å². The quantitative estimate of drug-likeness (QED) is 0.630. The van der Waals surface area contributed by atoms with Gasteiger partial charge >= 0.3 is 0 Å². The van der Waals surface area contributed by atoms with E-state index in [0.717, 1.165) is 22.4 Å². The molecule has 0 unspecified atom stereocenters. The van der Waals surface area contributed by atoms with Crippen LogP contribution < -0.4 is 4.90 Å². The van der Waals surface area contributed by atoms with E-state index in [1.807, 2.05) is 62.6 Å². The molecule has 98 valence electrons. The van der Waals surface area contributed by atoms with Gasteiger partial charge in [-0.1, -0.05) is 18.1 Å². The molecule has 0 atom stereocenters. The molecule has 0 aliphatic rings. The molecular formula is C17H14N2O. The predicted molar refractivity (Wildman–Crippen MR) is 80.8 cm³/mol. The van der Waals surface area contributed by atoms with Crippen molar-refractivity contribution in [2.45, 2.75) is 0 Å². The second kappa shape index (κ2) is 5.10. The number of nitrogens with zero attached hydrogens (tertiary/aromatic N) is 2. The zero-order valence-corrected chi connectivity index (χ0v) is 11.4. The molecular weight excluding hydrogens is 248 g/mol. The standard InChI is InChI=1S/C17H14N2O/c1-19(2)14-10-7-13(8-11-14)9-12-17-18-15-5-3-4-6-16(15)20-17/h3-8,10-11H,1-2H3. The SMILES string of the molecule is CN(C)c1ccc(C#Cc2nc3ccccc3o2)cc1. The molecule has 3 heteroatoms. The number of rotatable bonds is 1. The maximum atomic E-state index is 5.56. The monoisotopic (exact) mass is 262 g/mol. The summed E-state index contributed by atoms with van der Waals surface area (Å²) in [7, 11) is 4.03. The van der Waals surface area contributed by atoms with Gasteiger partial charge in [0, 0.05) is 25.3 Å². The van der Waals surface area contributed by atoms with Gasteiger partial charge in [-0.2, -0.15) is 0 Å². The zero-order valence-electron chi connectivity index (χ0n) is 11.4. The topological polar surface area (TPSA) is 29.3 Å². The van der Waals surface area contributed by atoms with E-state index in [9.17, 15) is 0 Å². The van der Waals surface area contributed by atoms with Crippen LogP contribution in [0.2, 0.25) is 0 Å². The van der Waals surface area contributed by atoms with Gasteiger partial charge in [0.25, 0.3) is 5.89 Å². The minimum absolute atomic E-state index is 0.447. The summed E-state index contributed by atoms with van der Waals surface area (Å²) in [5.41, 5.74) is 3.69. The highest BCUT2D eigenvalue weighted by Crippen LogP contribution is 2.14. The Balaban J connectivity index is 1.87. The first-order valence-corrected chi connectivity index (χ1v) is 6.37. The largest absolute Gasteiger partial charge is 0.430 e. The van der Waals surface area contributed by atoms with Crippen molar-refractivity contribution in [3.8, 4) is 11.8 Å². The molecule has 3 aromatic rings. The first kappa shape index (κ1) is 12.3. The van der Waals surface area contributed by atoms with Gasteiger partial charge in [0.1, 0.15) is 5.52 Å². The Kier molecular flexibility index (Phi) is 3.14. The van der Waals surface area contributed by atoms with Crippen LogP contribution in [0.3, 0.4) is 0 Å². The Hall–Kier alpha value is -2.73. The summed E-state index contributed by atoms with van der Waals surface area (Å²) in [5, 5.41) is 0. The fraction of sp³-hybridized carbons (Fsp3) is 0.118. The Morgan fingerprint density at radius 2 is 1.70 bits per heavy atom. The van der Waals surface area contributed by atoms with Gasteiger partial charge in [0.05, 0.1) is 0 Å². The number of anilines is 1.